The number of carboxylic acid groups (broad SMARTS) is 1. The summed E-state index contributed by atoms with van der Waals surface area (Å²) in [4.78, 5) is 11.8. The van der Waals surface area contributed by atoms with Crippen LogP contribution in [0.2, 0.25) is 0 Å². The summed E-state index contributed by atoms with van der Waals surface area (Å²) in [5.41, 5.74) is 5.17. The van der Waals surface area contributed by atoms with Crippen molar-refractivity contribution in [2.75, 3.05) is 11.9 Å². The van der Waals surface area contributed by atoms with E-state index in [0.717, 1.165) is 71.4 Å². The Morgan fingerprint density at radius 3 is 2.76 bits per heavy atom. The highest BCUT2D eigenvalue weighted by molar-refractivity contribution is 5.99. The van der Waals surface area contributed by atoms with Crippen molar-refractivity contribution in [1.29, 1.82) is 0 Å². The lowest BCUT2D eigenvalue weighted by Crippen LogP contribution is -2.23. The van der Waals surface area contributed by atoms with Crippen molar-refractivity contribution < 1.29 is 19.0 Å². The summed E-state index contributed by atoms with van der Waals surface area (Å²) >= 11 is 0. The van der Waals surface area contributed by atoms with Crippen LogP contribution >= 0.6 is 0 Å². The standard InChI is InChI=1S/C27H31FN2O3/c1-3-33-18-9-11-20-23(15-18)29-16(2)12-13-30-24-14-17(27(31)32)8-10-21(24)25(26(20)30)19-6-4-5-7-22(19)28/h8-11,14-16,19,22,29H,3-7,12-13H2,1-2H3,(H,31,32)/t16?,19?,22-/m0/s1. The van der Waals surface area contributed by atoms with E-state index in [0.29, 0.717) is 13.0 Å². The summed E-state index contributed by atoms with van der Waals surface area (Å²) in [6.07, 6.45) is 3.30. The van der Waals surface area contributed by atoms with E-state index in [1.165, 1.54) is 0 Å². The number of benzene rings is 2. The van der Waals surface area contributed by atoms with Crippen LogP contribution in [0.3, 0.4) is 0 Å². The topological polar surface area (TPSA) is 63.5 Å². The molecule has 0 radical (unpaired) electrons. The third kappa shape index (κ3) is 3.85. The van der Waals surface area contributed by atoms with Gasteiger partial charge < -0.3 is 19.7 Å². The molecule has 0 amide bonds. The summed E-state index contributed by atoms with van der Waals surface area (Å²) in [5.74, 6) is -0.336. The lowest BCUT2D eigenvalue weighted by Gasteiger charge is -2.29. The number of halogens is 1. The van der Waals surface area contributed by atoms with Gasteiger partial charge in [-0.3, -0.25) is 0 Å². The van der Waals surface area contributed by atoms with E-state index in [1.54, 1.807) is 12.1 Å². The number of carbonyl (C=O) groups is 1. The first-order valence-electron chi connectivity index (χ1n) is 12.0. The molecule has 174 valence electrons. The lowest BCUT2D eigenvalue weighted by molar-refractivity contribution is 0.0697. The zero-order chi connectivity index (χ0) is 23.1. The predicted octanol–water partition coefficient (Wildman–Crippen LogP) is 6.61. The van der Waals surface area contributed by atoms with Crippen LogP contribution in [-0.2, 0) is 6.54 Å². The van der Waals surface area contributed by atoms with Gasteiger partial charge in [0, 0.05) is 46.7 Å². The molecule has 1 aromatic heterocycles. The second-order valence-electron chi connectivity index (χ2n) is 9.33. The van der Waals surface area contributed by atoms with Gasteiger partial charge >= 0.3 is 5.97 Å². The van der Waals surface area contributed by atoms with Gasteiger partial charge in [0.05, 0.1) is 17.9 Å². The highest BCUT2D eigenvalue weighted by atomic mass is 19.1. The number of aromatic nitrogens is 1. The number of nitrogens with one attached hydrogen (secondary N) is 1. The molecule has 5 rings (SSSR count). The van der Waals surface area contributed by atoms with Crippen LogP contribution in [0.1, 0.15) is 67.8 Å². The normalized spacial score (nSPS) is 22.6. The number of rotatable bonds is 4. The number of aromatic carboxylic acids is 1. The maximum absolute atomic E-state index is 15.4. The van der Waals surface area contributed by atoms with Crippen molar-refractivity contribution in [1.82, 2.24) is 4.57 Å². The Balaban J connectivity index is 1.82. The molecule has 6 heteroatoms. The van der Waals surface area contributed by atoms with Gasteiger partial charge in [-0.1, -0.05) is 18.9 Å². The van der Waals surface area contributed by atoms with Crippen molar-refractivity contribution in [2.45, 2.75) is 70.6 Å². The van der Waals surface area contributed by atoms with Crippen LogP contribution in [0.15, 0.2) is 36.4 Å². The van der Waals surface area contributed by atoms with Crippen LogP contribution in [0.5, 0.6) is 5.75 Å². The van der Waals surface area contributed by atoms with Crippen molar-refractivity contribution in [3.63, 3.8) is 0 Å². The molecule has 0 saturated heterocycles. The Labute approximate surface area is 193 Å². The minimum absolute atomic E-state index is 0.190. The van der Waals surface area contributed by atoms with E-state index < -0.39 is 12.1 Å². The van der Waals surface area contributed by atoms with Crippen LogP contribution < -0.4 is 10.1 Å². The molecule has 2 aromatic carbocycles. The first-order chi connectivity index (χ1) is 16.0. The number of fused-ring (bicyclic) bond motifs is 5. The molecular formula is C27H31FN2O3. The van der Waals surface area contributed by atoms with E-state index in [9.17, 15) is 9.90 Å². The average Bonchev–Trinajstić information content (AvgIpc) is 3.10. The number of alkyl halides is 1. The van der Waals surface area contributed by atoms with E-state index in [1.807, 2.05) is 25.1 Å². The molecule has 2 heterocycles. The Hall–Kier alpha value is -3.02. The third-order valence-electron chi connectivity index (χ3n) is 7.15. The summed E-state index contributed by atoms with van der Waals surface area (Å²) in [7, 11) is 0. The van der Waals surface area contributed by atoms with E-state index in [4.69, 9.17) is 4.74 Å². The molecule has 1 fully saturated rings. The third-order valence-corrected chi connectivity index (χ3v) is 7.15. The van der Waals surface area contributed by atoms with Gasteiger partial charge in [0.15, 0.2) is 0 Å². The molecule has 0 bridgehead atoms. The zero-order valence-electron chi connectivity index (χ0n) is 19.2. The zero-order valence-corrected chi connectivity index (χ0v) is 19.2. The quantitative estimate of drug-likeness (QED) is 0.470. The van der Waals surface area contributed by atoms with Gasteiger partial charge in [-0.25, -0.2) is 9.18 Å². The van der Waals surface area contributed by atoms with Gasteiger partial charge in [-0.15, -0.1) is 0 Å². The maximum atomic E-state index is 15.4. The van der Waals surface area contributed by atoms with Gasteiger partial charge in [0.25, 0.3) is 0 Å². The minimum atomic E-state index is -0.947. The highest BCUT2D eigenvalue weighted by Gasteiger charge is 2.34. The number of nitrogens with zero attached hydrogens (tertiary/aromatic N) is 1. The molecule has 3 aromatic rings. The molecule has 1 aliphatic carbocycles. The van der Waals surface area contributed by atoms with Gasteiger partial charge in [0.2, 0.25) is 0 Å². The van der Waals surface area contributed by atoms with Crippen molar-refractivity contribution >= 4 is 22.6 Å². The number of aryl methyl sites for hydroxylation is 1. The van der Waals surface area contributed by atoms with Crippen molar-refractivity contribution in [3.05, 3.63) is 47.5 Å². The first-order valence-corrected chi connectivity index (χ1v) is 12.0. The fourth-order valence-corrected chi connectivity index (χ4v) is 5.58. The van der Waals surface area contributed by atoms with Gasteiger partial charge in [-0.05, 0) is 62.9 Å². The van der Waals surface area contributed by atoms with Gasteiger partial charge in [0.1, 0.15) is 11.9 Å². The van der Waals surface area contributed by atoms with Crippen LogP contribution in [0.4, 0.5) is 10.1 Å². The van der Waals surface area contributed by atoms with Crippen LogP contribution in [-0.4, -0.2) is 34.5 Å². The summed E-state index contributed by atoms with van der Waals surface area (Å²) in [6.45, 7) is 5.44. The van der Waals surface area contributed by atoms with Crippen LogP contribution in [0.25, 0.3) is 22.2 Å². The predicted molar refractivity (Wildman–Crippen MR) is 129 cm³/mol. The number of hydrogen-bond donors (Lipinski definition) is 2. The smallest absolute Gasteiger partial charge is 0.335 e. The second kappa shape index (κ2) is 8.73. The largest absolute Gasteiger partial charge is 0.494 e. The van der Waals surface area contributed by atoms with Crippen molar-refractivity contribution in [2.24, 2.45) is 0 Å². The maximum Gasteiger partial charge on any atom is 0.335 e. The molecule has 5 nitrogen and oxygen atoms in total. The lowest BCUT2D eigenvalue weighted by atomic mass is 9.80. The molecule has 2 aliphatic rings. The van der Waals surface area contributed by atoms with E-state index in [-0.39, 0.29) is 17.5 Å². The molecule has 2 N–H and O–H groups in total. The Morgan fingerprint density at radius 2 is 2.00 bits per heavy atom. The number of carboxylic acids is 1. The Morgan fingerprint density at radius 1 is 1.18 bits per heavy atom. The fraction of sp³-hybridized carbons (Fsp3) is 0.444. The summed E-state index contributed by atoms with van der Waals surface area (Å²) < 4.78 is 23.4. The highest BCUT2D eigenvalue weighted by Crippen LogP contribution is 2.48. The first kappa shape index (κ1) is 21.8. The fourth-order valence-electron chi connectivity index (χ4n) is 5.58. The van der Waals surface area contributed by atoms with E-state index >= 15 is 4.39 Å². The summed E-state index contributed by atoms with van der Waals surface area (Å²) in [5, 5.41) is 14.2. The van der Waals surface area contributed by atoms with Crippen molar-refractivity contribution in [3.8, 4) is 17.0 Å². The summed E-state index contributed by atoms with van der Waals surface area (Å²) in [6, 6.07) is 11.6. The second-order valence-corrected chi connectivity index (χ2v) is 9.33. The molecule has 1 saturated carbocycles. The SMILES string of the molecule is CCOc1ccc2c(c1)NC(C)CCn1c-2c(C2CCCC[C@@H]2F)c2ccc(C(=O)O)cc21. The number of anilines is 1. The molecule has 2 unspecified atom stereocenters. The molecule has 0 spiro atoms. The molecule has 33 heavy (non-hydrogen) atoms. The van der Waals surface area contributed by atoms with E-state index in [2.05, 4.69) is 22.9 Å². The molecule has 1 aliphatic heterocycles. The number of hydrogen-bond acceptors (Lipinski definition) is 3. The minimum Gasteiger partial charge on any atom is -0.494 e. The van der Waals surface area contributed by atoms with Crippen LogP contribution in [0, 0.1) is 0 Å². The monoisotopic (exact) mass is 450 g/mol. The average molecular weight is 451 g/mol. The number of ether oxygens (including phenoxy) is 1. The molecule has 3 atom stereocenters. The Kier molecular flexibility index (Phi) is 5.77. The Bertz CT molecular complexity index is 1200. The van der Waals surface area contributed by atoms with Gasteiger partial charge in [-0.2, -0.15) is 0 Å². The molecular weight excluding hydrogens is 419 g/mol.